The average molecular weight is 504 g/mol. The molecule has 5 aromatic rings. The van der Waals surface area contributed by atoms with Gasteiger partial charge in [0.1, 0.15) is 5.76 Å². The van der Waals surface area contributed by atoms with Crippen LogP contribution in [0.1, 0.15) is 37.5 Å². The quantitative estimate of drug-likeness (QED) is 0.305. The van der Waals surface area contributed by atoms with E-state index in [-0.39, 0.29) is 13.5 Å². The number of anilines is 1. The fraction of sp³-hybridized carbons (Fsp3) is 0.222. The standard InChI is InChI=1S/C26H25N5O3S.CH4/c1-16-25(18(3)34-29-16)20-13-24-26(28-14-20)22(15-31(24)17(2)23-10-5-6-11-27-23)19-8-7-9-21(12-19)30-35(4,32)33;/h5-15,17,30H,1-4H3;1H4/t17-;/m0./s1. The monoisotopic (exact) mass is 503 g/mol. The zero-order valence-electron chi connectivity index (χ0n) is 19.9. The zero-order valence-corrected chi connectivity index (χ0v) is 20.7. The van der Waals surface area contributed by atoms with E-state index in [0.29, 0.717) is 5.69 Å². The first-order chi connectivity index (χ1) is 16.7. The highest BCUT2D eigenvalue weighted by Crippen LogP contribution is 2.36. The molecule has 9 heteroatoms. The molecular weight excluding hydrogens is 474 g/mol. The molecular formula is C27H29N5O3S. The van der Waals surface area contributed by atoms with E-state index in [1.807, 2.05) is 62.6 Å². The van der Waals surface area contributed by atoms with E-state index < -0.39 is 10.0 Å². The Kier molecular flexibility index (Phi) is 6.69. The molecule has 0 aliphatic carbocycles. The largest absolute Gasteiger partial charge is 0.361 e. The third kappa shape index (κ3) is 4.74. The average Bonchev–Trinajstić information content (AvgIpc) is 3.37. The first kappa shape index (κ1) is 25.1. The van der Waals surface area contributed by atoms with Gasteiger partial charge in [0.2, 0.25) is 10.0 Å². The van der Waals surface area contributed by atoms with Crippen LogP contribution in [0.25, 0.3) is 33.3 Å². The number of hydrogen-bond acceptors (Lipinski definition) is 6. The topological polar surface area (TPSA) is 103 Å². The van der Waals surface area contributed by atoms with Gasteiger partial charge in [-0.15, -0.1) is 0 Å². The van der Waals surface area contributed by atoms with Crippen molar-refractivity contribution in [3.05, 3.63) is 84.3 Å². The Morgan fingerprint density at radius 2 is 1.83 bits per heavy atom. The fourth-order valence-electron chi connectivity index (χ4n) is 4.42. The lowest BCUT2D eigenvalue weighted by molar-refractivity contribution is 0.393. The van der Waals surface area contributed by atoms with Gasteiger partial charge in [-0.25, -0.2) is 8.42 Å². The van der Waals surface area contributed by atoms with E-state index in [1.54, 1.807) is 12.3 Å². The number of rotatable bonds is 6. The molecule has 0 fully saturated rings. The SMILES string of the molecule is C.Cc1noc(C)c1-c1cnc2c(-c3cccc(NS(C)(=O)=O)c3)cn([C@@H](C)c3ccccn3)c2c1. The summed E-state index contributed by atoms with van der Waals surface area (Å²) in [7, 11) is -3.40. The molecule has 0 aliphatic rings. The number of aryl methyl sites for hydroxylation is 2. The Morgan fingerprint density at radius 1 is 1.03 bits per heavy atom. The molecule has 0 saturated carbocycles. The fourth-order valence-corrected chi connectivity index (χ4v) is 4.98. The molecule has 4 heterocycles. The summed E-state index contributed by atoms with van der Waals surface area (Å²) >= 11 is 0. The van der Waals surface area contributed by atoms with Gasteiger partial charge < -0.3 is 9.09 Å². The Bertz CT molecular complexity index is 1620. The highest BCUT2D eigenvalue weighted by Gasteiger charge is 2.20. The number of benzene rings is 1. The second-order valence-corrected chi connectivity index (χ2v) is 10.4. The molecule has 0 unspecified atom stereocenters. The van der Waals surface area contributed by atoms with Crippen molar-refractivity contribution in [3.8, 4) is 22.3 Å². The Morgan fingerprint density at radius 3 is 2.50 bits per heavy atom. The normalized spacial score (nSPS) is 12.3. The van der Waals surface area contributed by atoms with Gasteiger partial charge in [-0.05, 0) is 56.7 Å². The summed E-state index contributed by atoms with van der Waals surface area (Å²) < 4.78 is 33.6. The summed E-state index contributed by atoms with van der Waals surface area (Å²) in [4.78, 5) is 9.40. The minimum Gasteiger partial charge on any atom is -0.361 e. The molecule has 0 bridgehead atoms. The number of hydrogen-bond donors (Lipinski definition) is 1. The van der Waals surface area contributed by atoms with Crippen molar-refractivity contribution >= 4 is 26.7 Å². The first-order valence-electron chi connectivity index (χ1n) is 11.1. The van der Waals surface area contributed by atoms with Gasteiger partial charge in [0, 0.05) is 41.0 Å². The van der Waals surface area contributed by atoms with Crippen LogP contribution in [-0.2, 0) is 10.0 Å². The van der Waals surface area contributed by atoms with Crippen LogP contribution >= 0.6 is 0 Å². The van der Waals surface area contributed by atoms with Gasteiger partial charge in [0.15, 0.2) is 0 Å². The van der Waals surface area contributed by atoms with E-state index >= 15 is 0 Å². The minimum atomic E-state index is -3.40. The van der Waals surface area contributed by atoms with Crippen molar-refractivity contribution in [2.45, 2.75) is 34.2 Å². The molecule has 1 aromatic carbocycles. The van der Waals surface area contributed by atoms with Crippen LogP contribution in [0.2, 0.25) is 0 Å². The molecule has 36 heavy (non-hydrogen) atoms. The molecule has 186 valence electrons. The van der Waals surface area contributed by atoms with Gasteiger partial charge in [-0.1, -0.05) is 30.8 Å². The highest BCUT2D eigenvalue weighted by molar-refractivity contribution is 7.92. The van der Waals surface area contributed by atoms with Crippen LogP contribution < -0.4 is 4.72 Å². The maximum atomic E-state index is 11.8. The molecule has 5 rings (SSSR count). The maximum Gasteiger partial charge on any atom is 0.229 e. The van der Waals surface area contributed by atoms with Gasteiger partial charge >= 0.3 is 0 Å². The summed E-state index contributed by atoms with van der Waals surface area (Å²) in [5.41, 5.74) is 7.55. The van der Waals surface area contributed by atoms with E-state index in [4.69, 9.17) is 9.51 Å². The van der Waals surface area contributed by atoms with Crippen molar-refractivity contribution < 1.29 is 12.9 Å². The van der Waals surface area contributed by atoms with E-state index in [9.17, 15) is 8.42 Å². The number of fused-ring (bicyclic) bond motifs is 1. The van der Waals surface area contributed by atoms with Gasteiger partial charge in [0.05, 0.1) is 34.7 Å². The lowest BCUT2D eigenvalue weighted by Crippen LogP contribution is -2.09. The van der Waals surface area contributed by atoms with Gasteiger partial charge in [-0.2, -0.15) is 0 Å². The lowest BCUT2D eigenvalue weighted by atomic mass is 10.0. The van der Waals surface area contributed by atoms with Crippen LogP contribution in [0.4, 0.5) is 5.69 Å². The number of nitrogens with zero attached hydrogens (tertiary/aromatic N) is 4. The molecule has 0 saturated heterocycles. The number of aromatic nitrogens is 4. The third-order valence-corrected chi connectivity index (χ3v) is 6.61. The van der Waals surface area contributed by atoms with Gasteiger partial charge in [-0.3, -0.25) is 14.7 Å². The third-order valence-electron chi connectivity index (χ3n) is 6.00. The molecule has 1 atom stereocenters. The van der Waals surface area contributed by atoms with Crippen LogP contribution in [0.15, 0.2) is 71.6 Å². The van der Waals surface area contributed by atoms with Crippen LogP contribution in [0.5, 0.6) is 0 Å². The van der Waals surface area contributed by atoms with Crippen LogP contribution in [-0.4, -0.2) is 34.4 Å². The summed E-state index contributed by atoms with van der Waals surface area (Å²) in [6, 6.07) is 15.2. The van der Waals surface area contributed by atoms with Crippen molar-refractivity contribution in [2.24, 2.45) is 0 Å². The van der Waals surface area contributed by atoms with Gasteiger partial charge in [0.25, 0.3) is 0 Å². The Labute approximate surface area is 211 Å². The lowest BCUT2D eigenvalue weighted by Gasteiger charge is -2.15. The first-order valence-corrected chi connectivity index (χ1v) is 13.0. The van der Waals surface area contributed by atoms with E-state index in [1.165, 1.54) is 0 Å². The zero-order chi connectivity index (χ0) is 24.7. The molecule has 4 aromatic heterocycles. The molecule has 0 spiro atoms. The predicted octanol–water partition coefficient (Wildman–Crippen LogP) is 5.99. The predicted molar refractivity (Wildman–Crippen MR) is 143 cm³/mol. The van der Waals surface area contributed by atoms with Crippen LogP contribution in [0.3, 0.4) is 0 Å². The summed E-state index contributed by atoms with van der Waals surface area (Å²) in [6.45, 7) is 5.90. The summed E-state index contributed by atoms with van der Waals surface area (Å²) in [6.07, 6.45) is 6.80. The molecule has 1 N–H and O–H groups in total. The van der Waals surface area contributed by atoms with E-state index in [0.717, 1.165) is 56.7 Å². The summed E-state index contributed by atoms with van der Waals surface area (Å²) in [5, 5.41) is 4.09. The molecule has 0 aliphatic heterocycles. The van der Waals surface area contributed by atoms with Crippen LogP contribution in [0, 0.1) is 13.8 Å². The Hall–Kier alpha value is -3.98. The maximum absolute atomic E-state index is 11.8. The van der Waals surface area contributed by atoms with E-state index in [2.05, 4.69) is 32.4 Å². The van der Waals surface area contributed by atoms with Crippen molar-refractivity contribution in [2.75, 3.05) is 11.0 Å². The number of sulfonamides is 1. The second kappa shape index (κ2) is 9.58. The van der Waals surface area contributed by atoms with Crippen molar-refractivity contribution in [1.29, 1.82) is 0 Å². The smallest absolute Gasteiger partial charge is 0.229 e. The number of pyridine rings is 2. The number of nitrogens with one attached hydrogen (secondary N) is 1. The second-order valence-electron chi connectivity index (χ2n) is 8.63. The Balaban J connectivity index is 0.00000304. The van der Waals surface area contributed by atoms with Crippen molar-refractivity contribution in [3.63, 3.8) is 0 Å². The molecule has 0 amide bonds. The van der Waals surface area contributed by atoms with Crippen molar-refractivity contribution in [1.82, 2.24) is 19.7 Å². The molecule has 0 radical (unpaired) electrons. The minimum absolute atomic E-state index is 0. The molecule has 8 nitrogen and oxygen atoms in total. The highest BCUT2D eigenvalue weighted by atomic mass is 32.2. The summed E-state index contributed by atoms with van der Waals surface area (Å²) in [5.74, 6) is 0.735.